The first-order chi connectivity index (χ1) is 34.1. The quantitative estimate of drug-likeness (QED) is 0.0309. The summed E-state index contributed by atoms with van der Waals surface area (Å²) in [6.07, 6.45) is -31.7. The molecule has 0 radical (unpaired) electrons. The number of hydrogen-bond acceptors (Lipinski definition) is 26. The summed E-state index contributed by atoms with van der Waals surface area (Å²) >= 11 is 10.7. The molecule has 5 rings (SSSR count). The van der Waals surface area contributed by atoms with E-state index in [-0.39, 0.29) is 53.6 Å². The van der Waals surface area contributed by atoms with Gasteiger partial charge in [0.05, 0.1) is 45.1 Å². The van der Waals surface area contributed by atoms with Crippen molar-refractivity contribution in [3.05, 3.63) is 23.8 Å². The minimum Gasteiger partial charge on any atom is -0.492 e. The van der Waals surface area contributed by atoms with Crippen LogP contribution < -0.4 is 30.7 Å². The number of aliphatic hydroxyl groups excluding tert-OH is 14. The zero-order chi connectivity index (χ0) is 53.2. The molecule has 0 aliphatic carbocycles. The van der Waals surface area contributed by atoms with E-state index in [1.165, 1.54) is 18.2 Å². The molecule has 20 unspecified atom stereocenters. The Bertz CT molecular complexity index is 1780. The van der Waals surface area contributed by atoms with Gasteiger partial charge in [0.15, 0.2) is 35.3 Å². The van der Waals surface area contributed by atoms with Crippen molar-refractivity contribution in [1.29, 1.82) is 0 Å². The second-order valence-electron chi connectivity index (χ2n) is 17.8. The first kappa shape index (κ1) is 59.7. The fraction of sp³-hybridized carbons (Fsp3) is 0.786. The summed E-state index contributed by atoms with van der Waals surface area (Å²) in [5.74, 6) is -0.312. The molecule has 4 fully saturated rings. The van der Waals surface area contributed by atoms with Gasteiger partial charge in [-0.3, -0.25) is 0 Å². The zero-order valence-corrected chi connectivity index (χ0v) is 40.9. The van der Waals surface area contributed by atoms with Crippen molar-refractivity contribution in [2.24, 2.45) is 0 Å². The Labute approximate surface area is 423 Å². The van der Waals surface area contributed by atoms with Crippen molar-refractivity contribution in [1.82, 2.24) is 21.3 Å². The first-order valence-electron chi connectivity index (χ1n) is 23.0. The summed E-state index contributed by atoms with van der Waals surface area (Å²) in [6.45, 7) is 2.27. The van der Waals surface area contributed by atoms with Gasteiger partial charge in [0, 0.05) is 6.07 Å². The van der Waals surface area contributed by atoms with E-state index in [9.17, 15) is 76.3 Å². The van der Waals surface area contributed by atoms with E-state index in [1.54, 1.807) is 13.8 Å². The fourth-order valence-electron chi connectivity index (χ4n) is 7.68. The number of benzene rings is 1. The lowest BCUT2D eigenvalue weighted by Crippen LogP contribution is -2.67. The molecule has 0 spiro atoms. The molecule has 18 N–H and O–H groups in total. The Morgan fingerprint density at radius 1 is 0.556 bits per heavy atom. The summed E-state index contributed by atoms with van der Waals surface area (Å²) in [5.41, 5.74) is -0.723. The Balaban J connectivity index is 1.11. The number of carbonyl (C=O) groups is 1. The van der Waals surface area contributed by atoms with Crippen molar-refractivity contribution < 1.29 is 119 Å². The number of esters is 1. The number of ether oxygens (including phenoxy) is 9. The van der Waals surface area contributed by atoms with Crippen LogP contribution in [-0.4, -0.2) is 269 Å². The Morgan fingerprint density at radius 2 is 0.944 bits per heavy atom. The zero-order valence-electron chi connectivity index (χ0n) is 39.3. The molecule has 0 bridgehead atoms. The summed E-state index contributed by atoms with van der Waals surface area (Å²) in [7, 11) is 0. The van der Waals surface area contributed by atoms with Crippen LogP contribution >= 0.6 is 24.4 Å². The molecule has 4 aliphatic rings. The third-order valence-electron chi connectivity index (χ3n) is 12.2. The van der Waals surface area contributed by atoms with Crippen LogP contribution in [0.25, 0.3) is 0 Å². The molecule has 4 aliphatic heterocycles. The first-order valence-corrected chi connectivity index (χ1v) is 23.8. The molecule has 0 amide bonds. The van der Waals surface area contributed by atoms with Gasteiger partial charge in [-0.2, -0.15) is 0 Å². The van der Waals surface area contributed by atoms with Gasteiger partial charge in [0.2, 0.25) is 0 Å². The lowest BCUT2D eigenvalue weighted by Gasteiger charge is -2.46. The van der Waals surface area contributed by atoms with Gasteiger partial charge in [-0.15, -0.1) is 0 Å². The SMILES string of the molecule is CCC(C)(C)OC(=O)c1cc(OCCNC(=S)NC2OC(CO)C(OC3OC(CO)C(O)C(O)C3O)C(O)C2O)cc(OCCNC(=S)NC2OC(CO)C(OC3OC(CO)C(O)C(O)C3O)C(O)C2O)c1. The third kappa shape index (κ3) is 15.0. The Morgan fingerprint density at radius 3 is 1.31 bits per heavy atom. The molecule has 0 aromatic heterocycles. The van der Waals surface area contributed by atoms with Gasteiger partial charge < -0.3 is 135 Å². The molecule has 20 atom stereocenters. The van der Waals surface area contributed by atoms with E-state index in [1.807, 2.05) is 6.92 Å². The predicted molar refractivity (Wildman–Crippen MR) is 247 cm³/mol. The third-order valence-corrected chi connectivity index (χ3v) is 12.7. The van der Waals surface area contributed by atoms with Gasteiger partial charge in [-0.25, -0.2) is 4.79 Å². The van der Waals surface area contributed by atoms with Crippen molar-refractivity contribution in [2.45, 2.75) is 155 Å². The number of carbonyl (C=O) groups excluding carboxylic acids is 1. The molecule has 72 heavy (non-hydrogen) atoms. The van der Waals surface area contributed by atoms with E-state index in [0.29, 0.717) is 6.42 Å². The van der Waals surface area contributed by atoms with E-state index in [2.05, 4.69) is 21.3 Å². The average Bonchev–Trinajstić information content (AvgIpc) is 3.35. The second kappa shape index (κ2) is 27.1. The monoisotopic (exact) mass is 1080 g/mol. The van der Waals surface area contributed by atoms with Gasteiger partial charge in [0.25, 0.3) is 0 Å². The van der Waals surface area contributed by atoms with Gasteiger partial charge in [-0.1, -0.05) is 6.92 Å². The second-order valence-corrected chi connectivity index (χ2v) is 18.6. The summed E-state index contributed by atoms with van der Waals surface area (Å²) < 4.78 is 50.7. The maximum Gasteiger partial charge on any atom is 0.338 e. The lowest BCUT2D eigenvalue weighted by molar-refractivity contribution is -0.342. The van der Waals surface area contributed by atoms with Crippen LogP contribution in [0.4, 0.5) is 0 Å². The van der Waals surface area contributed by atoms with Crippen LogP contribution in [-0.2, 0) is 33.2 Å². The highest BCUT2D eigenvalue weighted by atomic mass is 32.1. The maximum atomic E-state index is 13.3. The summed E-state index contributed by atoms with van der Waals surface area (Å²) in [6, 6.07) is 4.36. The van der Waals surface area contributed by atoms with E-state index in [0.717, 1.165) is 0 Å². The van der Waals surface area contributed by atoms with Crippen molar-refractivity contribution in [3.8, 4) is 11.5 Å². The molecule has 412 valence electrons. The number of nitrogens with one attached hydrogen (secondary N) is 4. The highest BCUT2D eigenvalue weighted by Crippen LogP contribution is 2.31. The molecule has 1 aromatic rings. The fourth-order valence-corrected chi connectivity index (χ4v) is 8.12. The number of hydrogen-bond donors (Lipinski definition) is 18. The molecule has 1 aromatic carbocycles. The standard InChI is InChI=1S/C42H68N4O24S2/c1-4-42(2,3)70-37(61)16-9-17(62-7-5-43-40(71)45-35-29(57)27(55)33(21(14-49)64-35)68-38-31(59)25(53)23(51)19(12-47)66-38)11-18(10-16)63-8-6-44-41(72)46-36-30(58)28(56)34(22(15-50)65-36)69-39-32(60)26(54)24(52)20(13-48)67-39/h9-11,19-36,38-39,47-60H,4-8,12-15H2,1-3H3,(H2,43,45,71)(H2,44,46,72). The topological polar surface area (TPSA) is 431 Å². The van der Waals surface area contributed by atoms with Crippen molar-refractivity contribution in [2.75, 3.05) is 52.7 Å². The van der Waals surface area contributed by atoms with E-state index >= 15 is 0 Å². The van der Waals surface area contributed by atoms with Crippen LogP contribution in [0.1, 0.15) is 37.6 Å². The van der Waals surface area contributed by atoms with E-state index < -0.39 is 161 Å². The predicted octanol–water partition coefficient (Wildman–Crippen LogP) is -8.03. The van der Waals surface area contributed by atoms with Crippen LogP contribution in [0.3, 0.4) is 0 Å². The van der Waals surface area contributed by atoms with Gasteiger partial charge >= 0.3 is 5.97 Å². The number of rotatable bonds is 21. The minimum absolute atomic E-state index is 0.0347. The average molecular weight is 1080 g/mol. The lowest BCUT2D eigenvalue weighted by atomic mass is 9.96. The van der Waals surface area contributed by atoms with Gasteiger partial charge in [0.1, 0.15) is 128 Å². The molecule has 4 heterocycles. The highest BCUT2D eigenvalue weighted by Gasteiger charge is 2.52. The number of thiocarbonyl (C=S) groups is 2. The molecule has 0 saturated carbocycles. The van der Waals surface area contributed by atoms with Crippen LogP contribution in [0.5, 0.6) is 11.5 Å². The molecule has 28 nitrogen and oxygen atoms in total. The summed E-state index contributed by atoms with van der Waals surface area (Å²) in [5, 5.41) is 155. The smallest absolute Gasteiger partial charge is 0.338 e. The maximum absolute atomic E-state index is 13.3. The molecular formula is C42H68N4O24S2. The summed E-state index contributed by atoms with van der Waals surface area (Å²) in [4.78, 5) is 13.3. The van der Waals surface area contributed by atoms with Crippen molar-refractivity contribution >= 4 is 40.6 Å². The minimum atomic E-state index is -1.83. The molecular weight excluding hydrogens is 1010 g/mol. The van der Waals surface area contributed by atoms with Crippen molar-refractivity contribution in [3.63, 3.8) is 0 Å². The van der Waals surface area contributed by atoms with Crippen LogP contribution in [0.15, 0.2) is 18.2 Å². The van der Waals surface area contributed by atoms with Gasteiger partial charge in [-0.05, 0) is 56.8 Å². The Hall–Kier alpha value is -3.13. The van der Waals surface area contributed by atoms with Crippen LogP contribution in [0, 0.1) is 0 Å². The highest BCUT2D eigenvalue weighted by molar-refractivity contribution is 7.80. The number of aliphatic hydroxyl groups is 14. The Kier molecular flexibility index (Phi) is 22.5. The molecule has 4 saturated heterocycles. The molecule has 30 heteroatoms. The normalized spacial score (nSPS) is 37.2. The van der Waals surface area contributed by atoms with E-state index in [4.69, 9.17) is 67.1 Å². The largest absolute Gasteiger partial charge is 0.492 e. The van der Waals surface area contributed by atoms with Crippen LogP contribution in [0.2, 0.25) is 0 Å².